The molecule has 1 aromatic carbocycles. The topological polar surface area (TPSA) is 89.3 Å². The van der Waals surface area contributed by atoms with Crippen LogP contribution in [0.3, 0.4) is 0 Å². The third-order valence-electron chi connectivity index (χ3n) is 3.28. The molecule has 0 unspecified atom stereocenters. The van der Waals surface area contributed by atoms with Gasteiger partial charge in [-0.1, -0.05) is 44.9 Å². The van der Waals surface area contributed by atoms with Crippen LogP contribution in [0.1, 0.15) is 32.3 Å². The fraction of sp³-hybridized carbons (Fsp3) is 0.538. The van der Waals surface area contributed by atoms with Crippen LogP contribution in [-0.4, -0.2) is 19.9 Å². The zero-order valence-corrected chi connectivity index (χ0v) is 12.5. The molecule has 0 spiro atoms. The highest BCUT2D eigenvalue weighted by molar-refractivity contribution is 7.88. The Morgan fingerprint density at radius 1 is 1.25 bits per heavy atom. The first-order chi connectivity index (χ1) is 9.39. The van der Waals surface area contributed by atoms with Gasteiger partial charge in [-0.25, -0.2) is 13.1 Å². The predicted octanol–water partition coefficient (Wildman–Crippen LogP) is 2.45. The van der Waals surface area contributed by atoms with E-state index in [4.69, 9.17) is 0 Å². The summed E-state index contributed by atoms with van der Waals surface area (Å²) in [6.45, 7) is 4.38. The van der Waals surface area contributed by atoms with Crippen LogP contribution >= 0.6 is 0 Å². The van der Waals surface area contributed by atoms with Gasteiger partial charge in [-0.05, 0) is 5.92 Å². The highest BCUT2D eigenvalue weighted by Crippen LogP contribution is 2.19. The molecule has 20 heavy (non-hydrogen) atoms. The number of para-hydroxylation sites is 1. The van der Waals surface area contributed by atoms with Crippen LogP contribution in [0.25, 0.3) is 0 Å². The van der Waals surface area contributed by atoms with Crippen LogP contribution in [0.4, 0.5) is 5.69 Å². The molecule has 6 nitrogen and oxygen atoms in total. The number of sulfonamides is 1. The van der Waals surface area contributed by atoms with Gasteiger partial charge in [0.05, 0.1) is 10.7 Å². The summed E-state index contributed by atoms with van der Waals surface area (Å²) in [5, 5.41) is 10.9. The quantitative estimate of drug-likeness (QED) is 0.590. The van der Waals surface area contributed by atoms with E-state index in [9.17, 15) is 18.5 Å². The molecule has 0 amide bonds. The molecule has 7 heteroatoms. The van der Waals surface area contributed by atoms with Crippen molar-refractivity contribution in [3.05, 3.63) is 39.9 Å². The van der Waals surface area contributed by atoms with Gasteiger partial charge in [0.25, 0.3) is 5.69 Å². The van der Waals surface area contributed by atoms with E-state index in [0.29, 0.717) is 6.54 Å². The summed E-state index contributed by atoms with van der Waals surface area (Å²) in [5.41, 5.74) is 0.0370. The second kappa shape index (κ2) is 7.35. The molecule has 112 valence electrons. The van der Waals surface area contributed by atoms with Gasteiger partial charge in [0.15, 0.2) is 0 Å². The van der Waals surface area contributed by atoms with Gasteiger partial charge >= 0.3 is 0 Å². The van der Waals surface area contributed by atoms with Crippen molar-refractivity contribution < 1.29 is 13.3 Å². The lowest BCUT2D eigenvalue weighted by Crippen LogP contribution is -2.30. The summed E-state index contributed by atoms with van der Waals surface area (Å²) in [4.78, 5) is 10.3. The zero-order valence-electron chi connectivity index (χ0n) is 11.7. The molecule has 1 aromatic rings. The summed E-state index contributed by atoms with van der Waals surface area (Å²) in [6.07, 6.45) is 1.79. The Morgan fingerprint density at radius 3 is 2.40 bits per heavy atom. The van der Waals surface area contributed by atoms with Gasteiger partial charge in [-0.2, -0.15) is 0 Å². The fourth-order valence-corrected chi connectivity index (χ4v) is 3.13. The fourth-order valence-electron chi connectivity index (χ4n) is 1.89. The monoisotopic (exact) mass is 300 g/mol. The van der Waals surface area contributed by atoms with Gasteiger partial charge in [0.1, 0.15) is 0 Å². The molecule has 0 saturated carbocycles. The van der Waals surface area contributed by atoms with E-state index in [-0.39, 0.29) is 22.9 Å². The minimum Gasteiger partial charge on any atom is -0.258 e. The van der Waals surface area contributed by atoms with E-state index >= 15 is 0 Å². The largest absolute Gasteiger partial charge is 0.273 e. The van der Waals surface area contributed by atoms with Crippen LogP contribution in [0.15, 0.2) is 24.3 Å². The van der Waals surface area contributed by atoms with E-state index in [1.807, 2.05) is 13.8 Å². The Morgan fingerprint density at radius 2 is 1.85 bits per heavy atom. The predicted molar refractivity (Wildman–Crippen MR) is 77.8 cm³/mol. The summed E-state index contributed by atoms with van der Waals surface area (Å²) < 4.78 is 26.5. The minimum atomic E-state index is -3.56. The Balaban J connectivity index is 2.79. The van der Waals surface area contributed by atoms with Crippen molar-refractivity contribution in [1.82, 2.24) is 4.72 Å². The van der Waals surface area contributed by atoms with Crippen LogP contribution < -0.4 is 4.72 Å². The van der Waals surface area contributed by atoms with Crippen LogP contribution in [0.5, 0.6) is 0 Å². The van der Waals surface area contributed by atoms with E-state index in [1.54, 1.807) is 6.07 Å². The van der Waals surface area contributed by atoms with Gasteiger partial charge in [0, 0.05) is 18.2 Å². The molecule has 0 heterocycles. The molecule has 1 N–H and O–H groups in total. The van der Waals surface area contributed by atoms with Crippen molar-refractivity contribution in [3.8, 4) is 0 Å². The molecule has 0 saturated heterocycles. The number of nitro groups is 1. The first-order valence-corrected chi connectivity index (χ1v) is 8.24. The SMILES string of the molecule is CCC(CC)CNS(=O)(=O)Cc1ccccc1[N+](=O)[O-]. The smallest absolute Gasteiger partial charge is 0.258 e. The maximum absolute atomic E-state index is 12.0. The summed E-state index contributed by atoms with van der Waals surface area (Å²) in [6, 6.07) is 5.89. The first-order valence-electron chi connectivity index (χ1n) is 6.59. The molecular formula is C13H20N2O4S. The zero-order chi connectivity index (χ0) is 15.2. The molecule has 0 bridgehead atoms. The summed E-state index contributed by atoms with van der Waals surface area (Å²) in [5.74, 6) is -0.0832. The third kappa shape index (κ3) is 4.90. The van der Waals surface area contributed by atoms with Crippen molar-refractivity contribution in [2.75, 3.05) is 6.54 Å². The van der Waals surface area contributed by atoms with Crippen molar-refractivity contribution in [2.24, 2.45) is 5.92 Å². The Kier molecular flexibility index (Phi) is 6.09. The van der Waals surface area contributed by atoms with Crippen molar-refractivity contribution in [2.45, 2.75) is 32.4 Å². The molecule has 0 fully saturated rings. The van der Waals surface area contributed by atoms with Crippen LogP contribution in [-0.2, 0) is 15.8 Å². The average Bonchev–Trinajstić information content (AvgIpc) is 2.39. The number of nitrogens with zero attached hydrogens (tertiary/aromatic N) is 1. The molecule has 0 aliphatic carbocycles. The number of hydrogen-bond donors (Lipinski definition) is 1. The van der Waals surface area contributed by atoms with Crippen molar-refractivity contribution in [3.63, 3.8) is 0 Å². The molecule has 0 aliphatic heterocycles. The Bertz CT molecular complexity index is 553. The second-order valence-electron chi connectivity index (χ2n) is 4.68. The number of benzene rings is 1. The average molecular weight is 300 g/mol. The van der Waals surface area contributed by atoms with Crippen molar-refractivity contribution >= 4 is 15.7 Å². The first kappa shape index (κ1) is 16.6. The van der Waals surface area contributed by atoms with Crippen LogP contribution in [0.2, 0.25) is 0 Å². The van der Waals surface area contributed by atoms with Gasteiger partial charge in [-0.15, -0.1) is 0 Å². The molecule has 1 rings (SSSR count). The molecular weight excluding hydrogens is 280 g/mol. The number of hydrogen-bond acceptors (Lipinski definition) is 4. The lowest BCUT2D eigenvalue weighted by Gasteiger charge is -2.13. The summed E-state index contributed by atoms with van der Waals surface area (Å²) >= 11 is 0. The van der Waals surface area contributed by atoms with Gasteiger partial charge in [-0.3, -0.25) is 10.1 Å². The molecule has 0 aliphatic rings. The highest BCUT2D eigenvalue weighted by Gasteiger charge is 2.20. The minimum absolute atomic E-state index is 0.166. The number of nitrogens with one attached hydrogen (secondary N) is 1. The maximum atomic E-state index is 12.0. The second-order valence-corrected chi connectivity index (χ2v) is 6.48. The van der Waals surface area contributed by atoms with E-state index in [2.05, 4.69) is 4.72 Å². The summed E-state index contributed by atoms with van der Waals surface area (Å²) in [7, 11) is -3.56. The van der Waals surface area contributed by atoms with Gasteiger partial charge in [0.2, 0.25) is 10.0 Å². The standard InChI is InChI=1S/C13H20N2O4S/c1-3-11(4-2)9-14-20(18,19)10-12-7-5-6-8-13(12)15(16)17/h5-8,11,14H,3-4,9-10H2,1-2H3. The van der Waals surface area contributed by atoms with E-state index < -0.39 is 14.9 Å². The highest BCUT2D eigenvalue weighted by atomic mass is 32.2. The lowest BCUT2D eigenvalue weighted by atomic mass is 10.0. The molecule has 0 atom stereocenters. The normalized spacial score (nSPS) is 11.8. The van der Waals surface area contributed by atoms with Crippen molar-refractivity contribution in [1.29, 1.82) is 0 Å². The molecule has 0 aromatic heterocycles. The number of nitro benzene ring substituents is 1. The Labute approximate surface area is 119 Å². The Hall–Kier alpha value is -1.47. The van der Waals surface area contributed by atoms with Crippen LogP contribution in [0, 0.1) is 16.0 Å². The maximum Gasteiger partial charge on any atom is 0.273 e. The number of rotatable bonds is 8. The van der Waals surface area contributed by atoms with E-state index in [0.717, 1.165) is 12.8 Å². The van der Waals surface area contributed by atoms with E-state index in [1.165, 1.54) is 18.2 Å². The van der Waals surface area contributed by atoms with Gasteiger partial charge < -0.3 is 0 Å². The molecule has 0 radical (unpaired) electrons. The lowest BCUT2D eigenvalue weighted by molar-refractivity contribution is -0.385. The third-order valence-corrected chi connectivity index (χ3v) is 4.58.